The first-order valence-corrected chi connectivity index (χ1v) is 14.3. The molecular formula is C24H16Br2Cl4N2O4. The minimum Gasteiger partial charge on any atom is -0.292 e. The summed E-state index contributed by atoms with van der Waals surface area (Å²) >= 11 is 31.6. The molecule has 2 aliphatic carbocycles. The van der Waals surface area contributed by atoms with E-state index in [9.17, 15) is 19.2 Å². The molecule has 12 heteroatoms. The maximum Gasteiger partial charge on any atom is 0.273 e. The molecule has 3 fully saturated rings. The van der Waals surface area contributed by atoms with Crippen LogP contribution >= 0.6 is 78.3 Å². The summed E-state index contributed by atoms with van der Waals surface area (Å²) in [4.78, 5) is 54.3. The van der Waals surface area contributed by atoms with Gasteiger partial charge >= 0.3 is 0 Å². The number of hydrogen-bond donors (Lipinski definition) is 0. The SMILES string of the molecule is O=C(CN(C(=O)c1ccc(Cl)c(Cl)c1)N1C(=O)[C@@H]2[C@H]3C[C@@H]([C@@H](Br)[C@H]3Br)[C@H]2C1=O)c1ccc(Cl)cc1Cl. The second-order valence-corrected chi connectivity index (χ2v) is 12.8. The van der Waals surface area contributed by atoms with Crippen molar-refractivity contribution in [2.45, 2.75) is 16.1 Å². The highest BCUT2D eigenvalue weighted by molar-refractivity contribution is 9.12. The molecule has 0 aromatic heterocycles. The number of Topliss-reactive ketones (excluding diaryl/α,β-unsaturated/α-hetero) is 1. The highest BCUT2D eigenvalue weighted by Gasteiger charge is 2.67. The molecule has 2 aromatic rings. The molecule has 3 amide bonds. The zero-order valence-corrected chi connectivity index (χ0v) is 24.3. The standard InChI is InChI=1S/C24H16Br2Cl4N2O4/c25-20-12-7-13(21(20)26)19-18(12)23(35)32(24(19)36)31(22(34)9-1-4-14(28)16(30)5-9)8-17(33)11-3-2-10(27)6-15(11)29/h1-6,12-13,18-21H,7-8H2/t12-,13-,18-,19-,20-,21+/m1/s1. The smallest absolute Gasteiger partial charge is 0.273 e. The Morgan fingerprint density at radius 1 is 0.861 bits per heavy atom. The Bertz CT molecular complexity index is 1290. The highest BCUT2D eigenvalue weighted by Crippen LogP contribution is 2.60. The number of nitrogens with zero attached hydrogens (tertiary/aromatic N) is 2. The quantitative estimate of drug-likeness (QED) is 0.208. The fraction of sp³-hybridized carbons (Fsp3) is 0.333. The lowest BCUT2D eigenvalue weighted by Gasteiger charge is -2.31. The van der Waals surface area contributed by atoms with Crippen LogP contribution in [0.5, 0.6) is 0 Å². The van der Waals surface area contributed by atoms with Crippen molar-refractivity contribution >= 4 is 102 Å². The van der Waals surface area contributed by atoms with Gasteiger partial charge in [0.05, 0.1) is 26.9 Å². The van der Waals surface area contributed by atoms with Crippen LogP contribution in [0, 0.1) is 23.7 Å². The van der Waals surface area contributed by atoms with Crippen LogP contribution in [0.4, 0.5) is 0 Å². The molecule has 3 aliphatic rings. The number of carbonyl (C=O) groups is 4. The second-order valence-electron chi connectivity index (χ2n) is 9.03. The van der Waals surface area contributed by atoms with Crippen LogP contribution in [0.2, 0.25) is 20.1 Å². The molecule has 36 heavy (non-hydrogen) atoms. The Hall–Kier alpha value is -1.16. The maximum absolute atomic E-state index is 13.7. The van der Waals surface area contributed by atoms with Crippen molar-refractivity contribution < 1.29 is 19.2 Å². The summed E-state index contributed by atoms with van der Waals surface area (Å²) in [5.74, 6) is -3.56. The van der Waals surface area contributed by atoms with E-state index >= 15 is 0 Å². The Morgan fingerprint density at radius 3 is 2.03 bits per heavy atom. The van der Waals surface area contributed by atoms with Crippen LogP contribution in [0.15, 0.2) is 36.4 Å². The number of rotatable bonds is 5. The van der Waals surface area contributed by atoms with Crippen molar-refractivity contribution in [2.24, 2.45) is 23.7 Å². The molecule has 0 unspecified atom stereocenters. The number of alkyl halides is 2. The molecule has 6 nitrogen and oxygen atoms in total. The van der Waals surface area contributed by atoms with Gasteiger partial charge in [0, 0.05) is 25.8 Å². The topological polar surface area (TPSA) is 74.8 Å². The summed E-state index contributed by atoms with van der Waals surface area (Å²) in [6.07, 6.45) is 0.729. The zero-order valence-electron chi connectivity index (χ0n) is 18.1. The monoisotopic (exact) mass is 694 g/mol. The minimum atomic E-state index is -0.744. The number of fused-ring (bicyclic) bond motifs is 5. The summed E-state index contributed by atoms with van der Waals surface area (Å²) < 4.78 is 0. The van der Waals surface area contributed by atoms with Crippen molar-refractivity contribution in [3.63, 3.8) is 0 Å². The van der Waals surface area contributed by atoms with E-state index in [4.69, 9.17) is 46.4 Å². The third-order valence-corrected chi connectivity index (χ3v) is 11.6. The van der Waals surface area contributed by atoms with Gasteiger partial charge in [0.1, 0.15) is 6.54 Å². The number of ketones is 1. The van der Waals surface area contributed by atoms with E-state index in [1.54, 1.807) is 0 Å². The third-order valence-electron chi connectivity index (χ3n) is 7.13. The average molecular weight is 698 g/mol. The van der Waals surface area contributed by atoms with Gasteiger partial charge in [0.25, 0.3) is 17.7 Å². The number of imide groups is 1. The lowest BCUT2D eigenvalue weighted by atomic mass is 9.81. The van der Waals surface area contributed by atoms with Crippen molar-refractivity contribution in [3.8, 4) is 0 Å². The normalized spacial score (nSPS) is 28.6. The molecule has 0 spiro atoms. The van der Waals surface area contributed by atoms with Gasteiger partial charge in [0.2, 0.25) is 0 Å². The van der Waals surface area contributed by atoms with E-state index in [0.29, 0.717) is 5.02 Å². The van der Waals surface area contributed by atoms with Gasteiger partial charge in [-0.2, -0.15) is 5.01 Å². The van der Waals surface area contributed by atoms with Crippen molar-refractivity contribution in [1.29, 1.82) is 0 Å². The summed E-state index contributed by atoms with van der Waals surface area (Å²) in [6.45, 7) is -0.595. The van der Waals surface area contributed by atoms with E-state index in [1.165, 1.54) is 36.4 Å². The number of hydrazine groups is 1. The molecule has 0 radical (unpaired) electrons. The van der Waals surface area contributed by atoms with Crippen LogP contribution in [0.3, 0.4) is 0 Å². The first-order chi connectivity index (χ1) is 17.0. The molecule has 1 saturated heterocycles. The van der Waals surface area contributed by atoms with Gasteiger partial charge in [-0.25, -0.2) is 5.01 Å². The minimum absolute atomic E-state index is 0.0224. The van der Waals surface area contributed by atoms with Gasteiger partial charge in [-0.3, -0.25) is 19.2 Å². The van der Waals surface area contributed by atoms with E-state index in [-0.39, 0.29) is 47.7 Å². The van der Waals surface area contributed by atoms with Crippen LogP contribution < -0.4 is 0 Å². The maximum atomic E-state index is 13.7. The number of halogens is 6. The fourth-order valence-corrected chi connectivity index (χ4v) is 8.20. The van der Waals surface area contributed by atoms with Crippen LogP contribution in [-0.4, -0.2) is 49.7 Å². The first kappa shape index (κ1) is 26.4. The Kier molecular flexibility index (Phi) is 7.24. The molecule has 188 valence electrons. The van der Waals surface area contributed by atoms with Crippen molar-refractivity contribution in [1.82, 2.24) is 10.0 Å². The summed E-state index contributed by atoms with van der Waals surface area (Å²) in [6, 6.07) is 8.51. The first-order valence-electron chi connectivity index (χ1n) is 10.9. The lowest BCUT2D eigenvalue weighted by molar-refractivity contribution is -0.154. The molecule has 6 atom stereocenters. The van der Waals surface area contributed by atoms with Gasteiger partial charge in [0.15, 0.2) is 5.78 Å². The molecule has 2 bridgehead atoms. The second kappa shape index (κ2) is 9.86. The molecule has 2 saturated carbocycles. The summed E-state index contributed by atoms with van der Waals surface area (Å²) in [5.41, 5.74) is 0.171. The predicted octanol–water partition coefficient (Wildman–Crippen LogP) is 6.32. The molecule has 1 aliphatic heterocycles. The molecule has 0 N–H and O–H groups in total. The molecule has 5 rings (SSSR count). The van der Waals surface area contributed by atoms with Gasteiger partial charge in [-0.15, -0.1) is 0 Å². The van der Waals surface area contributed by atoms with Crippen molar-refractivity contribution in [3.05, 3.63) is 67.6 Å². The fourth-order valence-electron chi connectivity index (χ4n) is 5.52. The highest BCUT2D eigenvalue weighted by atomic mass is 79.9. The lowest BCUT2D eigenvalue weighted by Crippen LogP contribution is -2.52. The number of carbonyl (C=O) groups excluding carboxylic acids is 4. The summed E-state index contributed by atoms with van der Waals surface area (Å²) in [5, 5.41) is 2.51. The predicted molar refractivity (Wildman–Crippen MR) is 144 cm³/mol. The van der Waals surface area contributed by atoms with E-state index < -0.39 is 41.9 Å². The number of amides is 3. The Balaban J connectivity index is 1.53. The van der Waals surface area contributed by atoms with Crippen LogP contribution in [-0.2, 0) is 9.59 Å². The van der Waals surface area contributed by atoms with Gasteiger partial charge < -0.3 is 0 Å². The van der Waals surface area contributed by atoms with E-state index in [1.807, 2.05) is 0 Å². The number of hydrogen-bond acceptors (Lipinski definition) is 4. The van der Waals surface area contributed by atoms with E-state index in [0.717, 1.165) is 16.4 Å². The van der Waals surface area contributed by atoms with Crippen LogP contribution in [0.25, 0.3) is 0 Å². The van der Waals surface area contributed by atoms with Gasteiger partial charge in [-0.05, 0) is 54.7 Å². The van der Waals surface area contributed by atoms with Gasteiger partial charge in [-0.1, -0.05) is 78.3 Å². The van der Waals surface area contributed by atoms with Crippen molar-refractivity contribution in [2.75, 3.05) is 6.54 Å². The molecule has 2 aromatic carbocycles. The van der Waals surface area contributed by atoms with Crippen LogP contribution in [0.1, 0.15) is 27.1 Å². The summed E-state index contributed by atoms with van der Waals surface area (Å²) in [7, 11) is 0. The zero-order chi connectivity index (χ0) is 26.0. The largest absolute Gasteiger partial charge is 0.292 e. The number of benzene rings is 2. The molecular weight excluding hydrogens is 682 g/mol. The van der Waals surface area contributed by atoms with E-state index in [2.05, 4.69) is 31.9 Å². The average Bonchev–Trinajstić information content (AvgIpc) is 3.44. The third kappa shape index (κ3) is 4.22. The molecule has 1 heterocycles. The Morgan fingerprint density at radius 2 is 1.47 bits per heavy atom. The Labute approximate surface area is 243 Å².